The number of nitrogens with zero attached hydrogens (tertiary/aromatic N) is 1. The minimum absolute atomic E-state index is 0.121. The molecule has 0 aliphatic heterocycles. The fraction of sp³-hybridized carbons (Fsp3) is 0.923. The van der Waals surface area contributed by atoms with Gasteiger partial charge in [0.2, 0.25) is 5.91 Å². The summed E-state index contributed by atoms with van der Waals surface area (Å²) in [5.74, 6) is 1.02. The van der Waals surface area contributed by atoms with Crippen molar-refractivity contribution in [2.24, 2.45) is 17.6 Å². The highest BCUT2D eigenvalue weighted by Crippen LogP contribution is 2.14. The maximum Gasteiger partial charge on any atom is 0.220 e. The Morgan fingerprint density at radius 2 is 1.88 bits per heavy atom. The van der Waals surface area contributed by atoms with E-state index in [0.717, 1.165) is 13.0 Å². The smallest absolute Gasteiger partial charge is 0.220 e. The molecule has 0 bridgehead atoms. The molecule has 0 aliphatic rings. The van der Waals surface area contributed by atoms with Gasteiger partial charge in [0.25, 0.3) is 0 Å². The van der Waals surface area contributed by atoms with E-state index in [1.165, 1.54) is 0 Å². The molecule has 0 aromatic rings. The second-order valence-electron chi connectivity index (χ2n) is 5.67. The first kappa shape index (κ1) is 16.4. The molecule has 0 aromatic carbocycles. The van der Waals surface area contributed by atoms with Crippen LogP contribution < -0.4 is 11.1 Å². The van der Waals surface area contributed by atoms with E-state index in [1.807, 2.05) is 21.0 Å². The van der Waals surface area contributed by atoms with Crippen LogP contribution in [0.1, 0.15) is 33.6 Å². The lowest BCUT2D eigenvalue weighted by Crippen LogP contribution is -2.40. The molecule has 0 aliphatic carbocycles. The van der Waals surface area contributed by atoms with Crippen LogP contribution in [0.5, 0.6) is 0 Å². The summed E-state index contributed by atoms with van der Waals surface area (Å²) in [4.78, 5) is 13.9. The van der Waals surface area contributed by atoms with Crippen molar-refractivity contribution in [2.75, 3.05) is 27.2 Å². The van der Waals surface area contributed by atoms with Gasteiger partial charge in [-0.15, -0.1) is 0 Å². The molecule has 3 N–H and O–H groups in total. The highest BCUT2D eigenvalue weighted by molar-refractivity contribution is 5.76. The van der Waals surface area contributed by atoms with E-state index in [-0.39, 0.29) is 11.9 Å². The molecule has 0 saturated heterocycles. The minimum Gasteiger partial charge on any atom is -0.352 e. The van der Waals surface area contributed by atoms with Crippen LogP contribution in [0.15, 0.2) is 0 Å². The number of hydrogen-bond donors (Lipinski definition) is 2. The second-order valence-corrected chi connectivity index (χ2v) is 5.67. The molecule has 0 saturated carbocycles. The molecule has 0 rings (SSSR count). The molecule has 4 heteroatoms. The number of carbonyl (C=O) groups excluding carboxylic acids is 1. The fourth-order valence-electron chi connectivity index (χ4n) is 2.12. The maximum atomic E-state index is 11.8. The molecule has 0 aromatic heterocycles. The van der Waals surface area contributed by atoms with Crippen molar-refractivity contribution in [1.82, 2.24) is 10.2 Å². The van der Waals surface area contributed by atoms with Gasteiger partial charge in [0.15, 0.2) is 0 Å². The maximum absolute atomic E-state index is 11.8. The molecule has 2 atom stereocenters. The van der Waals surface area contributed by atoms with Gasteiger partial charge in [-0.05, 0) is 45.8 Å². The van der Waals surface area contributed by atoms with Gasteiger partial charge in [-0.2, -0.15) is 0 Å². The number of likely N-dealkylation sites (N-methyl/N-ethyl adjacent to an activating group) is 1. The van der Waals surface area contributed by atoms with Gasteiger partial charge < -0.3 is 16.0 Å². The molecule has 0 fully saturated rings. The normalized spacial score (nSPS) is 15.1. The third-order valence-electron chi connectivity index (χ3n) is 2.66. The zero-order chi connectivity index (χ0) is 13.4. The highest BCUT2D eigenvalue weighted by atomic mass is 16.1. The Hall–Kier alpha value is -0.610. The summed E-state index contributed by atoms with van der Waals surface area (Å²) in [5.41, 5.74) is 5.69. The van der Waals surface area contributed by atoms with E-state index in [9.17, 15) is 4.79 Å². The van der Waals surface area contributed by atoms with Gasteiger partial charge in [0, 0.05) is 19.0 Å². The van der Waals surface area contributed by atoms with Crippen LogP contribution in [-0.4, -0.2) is 44.0 Å². The average molecular weight is 243 g/mol. The van der Waals surface area contributed by atoms with Gasteiger partial charge in [-0.1, -0.05) is 13.8 Å². The molecular formula is C13H29N3O. The standard InChI is InChI=1S/C13H29N3O/c1-10(2)6-12(8-14)7-13(17)15-11(3)9-16(4)5/h10-12H,6-9,14H2,1-5H3,(H,15,17). The van der Waals surface area contributed by atoms with Crippen LogP contribution in [0.2, 0.25) is 0 Å². The number of nitrogens with two attached hydrogens (primary N) is 1. The first-order chi connectivity index (χ1) is 7.85. The highest BCUT2D eigenvalue weighted by Gasteiger charge is 2.15. The van der Waals surface area contributed by atoms with E-state index >= 15 is 0 Å². The predicted molar refractivity (Wildman–Crippen MR) is 72.8 cm³/mol. The quantitative estimate of drug-likeness (QED) is 0.670. The van der Waals surface area contributed by atoms with Crippen LogP contribution in [0.25, 0.3) is 0 Å². The zero-order valence-electron chi connectivity index (χ0n) is 12.0. The van der Waals surface area contributed by atoms with Crippen molar-refractivity contribution in [3.05, 3.63) is 0 Å². The molecular weight excluding hydrogens is 214 g/mol. The number of amides is 1. The van der Waals surface area contributed by atoms with Crippen molar-refractivity contribution < 1.29 is 4.79 Å². The lowest BCUT2D eigenvalue weighted by atomic mass is 9.94. The van der Waals surface area contributed by atoms with Crippen LogP contribution in [0, 0.1) is 11.8 Å². The first-order valence-corrected chi connectivity index (χ1v) is 6.49. The van der Waals surface area contributed by atoms with Crippen molar-refractivity contribution in [2.45, 2.75) is 39.7 Å². The number of carbonyl (C=O) groups is 1. The van der Waals surface area contributed by atoms with Crippen LogP contribution in [0.3, 0.4) is 0 Å². The Morgan fingerprint density at radius 3 is 2.29 bits per heavy atom. The zero-order valence-corrected chi connectivity index (χ0v) is 12.0. The van der Waals surface area contributed by atoms with E-state index in [4.69, 9.17) is 5.73 Å². The summed E-state index contributed by atoms with van der Waals surface area (Å²) < 4.78 is 0. The Labute approximate surface area is 106 Å². The van der Waals surface area contributed by atoms with Crippen LogP contribution in [0.4, 0.5) is 0 Å². The summed E-state index contributed by atoms with van der Waals surface area (Å²) in [5, 5.41) is 3.01. The fourth-order valence-corrected chi connectivity index (χ4v) is 2.12. The van der Waals surface area contributed by atoms with Crippen molar-refractivity contribution in [3.63, 3.8) is 0 Å². The van der Waals surface area contributed by atoms with Gasteiger partial charge in [0.1, 0.15) is 0 Å². The molecule has 17 heavy (non-hydrogen) atoms. The van der Waals surface area contributed by atoms with Gasteiger partial charge in [-0.25, -0.2) is 0 Å². The van der Waals surface area contributed by atoms with Crippen molar-refractivity contribution in [1.29, 1.82) is 0 Å². The molecule has 102 valence electrons. The number of rotatable bonds is 8. The Balaban J connectivity index is 3.97. The third kappa shape index (κ3) is 9.12. The summed E-state index contributed by atoms with van der Waals surface area (Å²) >= 11 is 0. The summed E-state index contributed by atoms with van der Waals surface area (Å²) in [6.45, 7) is 7.80. The lowest BCUT2D eigenvalue weighted by molar-refractivity contribution is -0.122. The Morgan fingerprint density at radius 1 is 1.29 bits per heavy atom. The monoisotopic (exact) mass is 243 g/mol. The van der Waals surface area contributed by atoms with Crippen molar-refractivity contribution in [3.8, 4) is 0 Å². The van der Waals surface area contributed by atoms with E-state index in [2.05, 4.69) is 24.1 Å². The average Bonchev–Trinajstić information content (AvgIpc) is 2.13. The summed E-state index contributed by atoms with van der Waals surface area (Å²) in [6, 6.07) is 0.190. The van der Waals surface area contributed by atoms with Gasteiger partial charge in [-0.3, -0.25) is 4.79 Å². The van der Waals surface area contributed by atoms with E-state index in [0.29, 0.717) is 24.8 Å². The topological polar surface area (TPSA) is 58.4 Å². The summed E-state index contributed by atoms with van der Waals surface area (Å²) in [7, 11) is 4.01. The van der Waals surface area contributed by atoms with Crippen LogP contribution in [-0.2, 0) is 4.79 Å². The molecule has 1 amide bonds. The molecule has 2 unspecified atom stereocenters. The molecule has 0 spiro atoms. The number of nitrogens with one attached hydrogen (secondary N) is 1. The number of hydrogen-bond acceptors (Lipinski definition) is 3. The largest absolute Gasteiger partial charge is 0.352 e. The Bertz CT molecular complexity index is 217. The van der Waals surface area contributed by atoms with Crippen LogP contribution >= 0.6 is 0 Å². The molecule has 0 radical (unpaired) electrons. The SMILES string of the molecule is CC(C)CC(CN)CC(=O)NC(C)CN(C)C. The molecule has 4 nitrogen and oxygen atoms in total. The molecule has 0 heterocycles. The second kappa shape index (κ2) is 8.48. The first-order valence-electron chi connectivity index (χ1n) is 6.49. The lowest BCUT2D eigenvalue weighted by Gasteiger charge is -2.21. The van der Waals surface area contributed by atoms with Gasteiger partial charge >= 0.3 is 0 Å². The Kier molecular flexibility index (Phi) is 8.17. The van der Waals surface area contributed by atoms with Gasteiger partial charge in [0.05, 0.1) is 0 Å². The summed E-state index contributed by atoms with van der Waals surface area (Å²) in [6.07, 6.45) is 1.57. The minimum atomic E-state index is 0.121. The van der Waals surface area contributed by atoms with Crippen molar-refractivity contribution >= 4 is 5.91 Å². The third-order valence-corrected chi connectivity index (χ3v) is 2.66. The predicted octanol–water partition coefficient (Wildman–Crippen LogP) is 1.06. The van der Waals surface area contributed by atoms with E-state index < -0.39 is 0 Å². The van der Waals surface area contributed by atoms with E-state index in [1.54, 1.807) is 0 Å².